The van der Waals surface area contributed by atoms with E-state index in [-0.39, 0.29) is 17.8 Å². The van der Waals surface area contributed by atoms with Gasteiger partial charge in [-0.25, -0.2) is 4.39 Å². The Morgan fingerprint density at radius 2 is 2.03 bits per heavy atom. The second-order valence-electron chi connectivity index (χ2n) is 9.36. The van der Waals surface area contributed by atoms with Gasteiger partial charge in [-0.1, -0.05) is 25.1 Å². The maximum absolute atomic E-state index is 13.7. The van der Waals surface area contributed by atoms with Gasteiger partial charge >= 0.3 is 0 Å². The van der Waals surface area contributed by atoms with Gasteiger partial charge in [0.05, 0.1) is 12.7 Å². The smallest absolute Gasteiger partial charge is 0.248 e. The average Bonchev–Trinajstić information content (AvgIpc) is 2.86. The largest absolute Gasteiger partial charge is 0.373 e. The van der Waals surface area contributed by atoms with Crippen LogP contribution in [-0.2, 0) is 11.2 Å². The Hall–Kier alpha value is -2.96. The second kappa shape index (κ2) is 9.72. The highest BCUT2D eigenvalue weighted by atomic mass is 19.1. The van der Waals surface area contributed by atoms with Crippen LogP contribution in [0.4, 0.5) is 10.1 Å². The lowest BCUT2D eigenvalue weighted by Gasteiger charge is -2.43. The Bertz CT molecular complexity index is 1200. The summed E-state index contributed by atoms with van der Waals surface area (Å²) in [6, 6.07) is 17.4. The molecule has 0 aliphatic carbocycles. The fourth-order valence-corrected chi connectivity index (χ4v) is 5.52. The van der Waals surface area contributed by atoms with E-state index in [2.05, 4.69) is 22.8 Å². The molecule has 6 heteroatoms. The maximum Gasteiger partial charge on any atom is 0.248 e. The lowest BCUT2D eigenvalue weighted by molar-refractivity contribution is 0.0244. The molecule has 0 bridgehead atoms. The van der Waals surface area contributed by atoms with Crippen LogP contribution in [0.3, 0.4) is 0 Å². The molecule has 1 fully saturated rings. The Balaban J connectivity index is 1.27. The van der Waals surface area contributed by atoms with Crippen molar-refractivity contribution < 1.29 is 13.9 Å². The number of nitrogens with two attached hydrogens (primary N) is 1. The summed E-state index contributed by atoms with van der Waals surface area (Å²) >= 11 is 0. The van der Waals surface area contributed by atoms with Gasteiger partial charge in [0.2, 0.25) is 5.91 Å². The molecular formula is C28H32FN3O2. The predicted molar refractivity (Wildman–Crippen MR) is 134 cm³/mol. The van der Waals surface area contributed by atoms with E-state index in [1.54, 1.807) is 12.1 Å². The SMILES string of the molecule is CC[C@H]1CN(c2cccc3cc(F)ccc23)CCN1CC[C@@H]1OCCc2cc(C(N)=O)ccc21. The monoisotopic (exact) mass is 461 g/mol. The number of fused-ring (bicyclic) bond motifs is 2. The normalized spacial score (nSPS) is 20.9. The van der Waals surface area contributed by atoms with Crippen molar-refractivity contribution in [2.75, 3.05) is 37.7 Å². The number of ether oxygens (including phenoxy) is 1. The number of nitrogens with zero attached hydrogens (tertiary/aromatic N) is 2. The number of halogens is 1. The summed E-state index contributed by atoms with van der Waals surface area (Å²) in [4.78, 5) is 16.6. The number of anilines is 1. The number of carbonyl (C=O) groups is 1. The van der Waals surface area contributed by atoms with Crippen molar-refractivity contribution in [1.82, 2.24) is 4.90 Å². The number of carbonyl (C=O) groups excluding carboxylic acids is 1. The Kier molecular flexibility index (Phi) is 6.53. The predicted octanol–water partition coefficient (Wildman–Crippen LogP) is 4.68. The molecule has 2 atom stereocenters. The van der Waals surface area contributed by atoms with Crippen LogP contribution in [0.2, 0.25) is 0 Å². The molecule has 2 aliphatic heterocycles. The van der Waals surface area contributed by atoms with Crippen molar-refractivity contribution in [1.29, 1.82) is 0 Å². The lowest BCUT2D eigenvalue weighted by atomic mass is 9.93. The number of rotatable bonds is 6. The Labute approximate surface area is 200 Å². The third-order valence-corrected chi connectivity index (χ3v) is 7.38. The van der Waals surface area contributed by atoms with Gasteiger partial charge in [-0.15, -0.1) is 0 Å². The first-order valence-corrected chi connectivity index (χ1v) is 12.2. The topological polar surface area (TPSA) is 58.8 Å². The number of piperazine rings is 1. The van der Waals surface area contributed by atoms with E-state index in [0.717, 1.165) is 56.2 Å². The van der Waals surface area contributed by atoms with Crippen molar-refractivity contribution in [3.05, 3.63) is 77.1 Å². The van der Waals surface area contributed by atoms with Crippen molar-refractivity contribution in [3.63, 3.8) is 0 Å². The first kappa shape index (κ1) is 22.8. The van der Waals surface area contributed by atoms with Crippen molar-refractivity contribution in [3.8, 4) is 0 Å². The number of amides is 1. The van der Waals surface area contributed by atoms with Crippen LogP contribution in [0.25, 0.3) is 10.8 Å². The molecule has 0 aromatic heterocycles. The zero-order chi connectivity index (χ0) is 23.7. The summed E-state index contributed by atoms with van der Waals surface area (Å²) in [5, 5.41) is 2.05. The minimum Gasteiger partial charge on any atom is -0.373 e. The molecule has 1 saturated heterocycles. The van der Waals surface area contributed by atoms with Crippen LogP contribution in [-0.4, -0.2) is 49.6 Å². The fraction of sp³-hybridized carbons (Fsp3) is 0.393. The average molecular weight is 462 g/mol. The van der Waals surface area contributed by atoms with Crippen molar-refractivity contribution >= 4 is 22.4 Å². The molecule has 0 saturated carbocycles. The molecule has 2 aliphatic rings. The molecule has 5 nitrogen and oxygen atoms in total. The highest BCUT2D eigenvalue weighted by Gasteiger charge is 2.29. The highest BCUT2D eigenvalue weighted by molar-refractivity contribution is 5.94. The molecule has 0 unspecified atom stereocenters. The molecule has 178 valence electrons. The summed E-state index contributed by atoms with van der Waals surface area (Å²) in [5.74, 6) is -0.580. The van der Waals surface area contributed by atoms with E-state index in [0.29, 0.717) is 18.2 Å². The third-order valence-electron chi connectivity index (χ3n) is 7.38. The molecule has 2 heterocycles. The lowest BCUT2D eigenvalue weighted by Crippen LogP contribution is -2.53. The fourth-order valence-electron chi connectivity index (χ4n) is 5.52. The van der Waals surface area contributed by atoms with Gasteiger partial charge in [-0.2, -0.15) is 0 Å². The van der Waals surface area contributed by atoms with Gasteiger partial charge in [-0.05, 0) is 72.2 Å². The molecular weight excluding hydrogens is 429 g/mol. The van der Waals surface area contributed by atoms with Crippen LogP contribution < -0.4 is 10.6 Å². The molecule has 5 rings (SSSR count). The van der Waals surface area contributed by atoms with E-state index < -0.39 is 0 Å². The molecule has 0 radical (unpaired) electrons. The zero-order valence-corrected chi connectivity index (χ0v) is 19.7. The molecule has 2 N–H and O–H groups in total. The third kappa shape index (κ3) is 4.52. The Morgan fingerprint density at radius 1 is 1.15 bits per heavy atom. The van der Waals surface area contributed by atoms with Crippen molar-refractivity contribution in [2.45, 2.75) is 38.3 Å². The van der Waals surface area contributed by atoms with E-state index in [1.807, 2.05) is 36.4 Å². The van der Waals surface area contributed by atoms with Crippen LogP contribution in [0.1, 0.15) is 47.4 Å². The molecule has 1 amide bonds. The molecule has 3 aromatic rings. The highest BCUT2D eigenvalue weighted by Crippen LogP contribution is 2.33. The van der Waals surface area contributed by atoms with Gasteiger partial charge in [-0.3, -0.25) is 9.69 Å². The number of primary amides is 1. The molecule has 34 heavy (non-hydrogen) atoms. The Morgan fingerprint density at radius 3 is 2.85 bits per heavy atom. The zero-order valence-electron chi connectivity index (χ0n) is 19.7. The summed E-state index contributed by atoms with van der Waals surface area (Å²) in [5.41, 5.74) is 9.58. The van der Waals surface area contributed by atoms with Crippen LogP contribution in [0.5, 0.6) is 0 Å². The number of benzene rings is 3. The van der Waals surface area contributed by atoms with Gasteiger partial charge in [0, 0.05) is 48.9 Å². The first-order valence-electron chi connectivity index (χ1n) is 12.2. The summed E-state index contributed by atoms with van der Waals surface area (Å²) < 4.78 is 19.8. The maximum atomic E-state index is 13.7. The van der Waals surface area contributed by atoms with Crippen LogP contribution >= 0.6 is 0 Å². The van der Waals surface area contributed by atoms with Gasteiger partial charge in [0.1, 0.15) is 5.82 Å². The van der Waals surface area contributed by atoms with Gasteiger partial charge < -0.3 is 15.4 Å². The van der Waals surface area contributed by atoms with Gasteiger partial charge in [0.15, 0.2) is 0 Å². The van der Waals surface area contributed by atoms with Crippen LogP contribution in [0.15, 0.2) is 54.6 Å². The second-order valence-corrected chi connectivity index (χ2v) is 9.36. The van der Waals surface area contributed by atoms with Gasteiger partial charge in [0.25, 0.3) is 0 Å². The molecule has 3 aromatic carbocycles. The quantitative estimate of drug-likeness (QED) is 0.579. The van der Waals surface area contributed by atoms with Crippen molar-refractivity contribution in [2.24, 2.45) is 5.73 Å². The van der Waals surface area contributed by atoms with E-state index >= 15 is 0 Å². The van der Waals surface area contributed by atoms with E-state index in [4.69, 9.17) is 10.5 Å². The number of hydrogen-bond donors (Lipinski definition) is 1. The molecule has 0 spiro atoms. The van der Waals surface area contributed by atoms with E-state index in [1.165, 1.54) is 16.8 Å². The summed E-state index contributed by atoms with van der Waals surface area (Å²) in [7, 11) is 0. The minimum absolute atomic E-state index is 0.0502. The minimum atomic E-state index is -0.383. The van der Waals surface area contributed by atoms with Crippen LogP contribution in [0, 0.1) is 5.82 Å². The number of hydrogen-bond acceptors (Lipinski definition) is 4. The standard InChI is InChI=1S/C28H32FN3O2/c1-2-23-18-32(26-5-3-4-19-17-22(29)7-9-24(19)26)14-13-31(23)12-10-27-25-8-6-21(28(30)33)16-20(25)11-15-34-27/h3-9,16-17,23,27H,2,10-15,18H2,1H3,(H2,30,33)/t23-,27-/m0/s1. The van der Waals surface area contributed by atoms with E-state index in [9.17, 15) is 9.18 Å². The first-order chi connectivity index (χ1) is 16.5. The summed E-state index contributed by atoms with van der Waals surface area (Å²) in [6.07, 6.45) is 2.86. The summed E-state index contributed by atoms with van der Waals surface area (Å²) in [6.45, 7) is 6.77.